The maximum Gasteiger partial charge on any atom is 0.160 e. The minimum atomic E-state index is 0.679. The van der Waals surface area contributed by atoms with Crippen molar-refractivity contribution in [3.63, 3.8) is 0 Å². The number of aromatic nitrogens is 4. The Bertz CT molecular complexity index is 2880. The van der Waals surface area contributed by atoms with Crippen LogP contribution in [-0.2, 0) is 0 Å². The van der Waals surface area contributed by atoms with Crippen LogP contribution in [0.4, 0.5) is 0 Å². The van der Waals surface area contributed by atoms with Crippen LogP contribution < -0.4 is 0 Å². The third-order valence-corrected chi connectivity index (χ3v) is 10.0. The third kappa shape index (κ3) is 4.84. The Hall–Kier alpha value is -7.04. The molecular formula is C48H32N4. The standard InChI is InChI=1S/C48H32N4/c1-2-32-27-35(30-37(28-32)52-46-25-12-8-21-40(46)41-22-9-13-26-47(41)52)43-31-42(49-48(50-43)33-15-4-3-5-16-33)34-17-14-18-36(29-34)51-44-23-10-6-19-38(44)39-20-7-11-24-45(39)51/h2-31H,1H2. The largest absolute Gasteiger partial charge is 0.309 e. The van der Waals surface area contributed by atoms with Gasteiger partial charge in [0.2, 0.25) is 0 Å². The Morgan fingerprint density at radius 2 is 0.846 bits per heavy atom. The third-order valence-electron chi connectivity index (χ3n) is 10.0. The molecular weight excluding hydrogens is 633 g/mol. The lowest BCUT2D eigenvalue weighted by Gasteiger charge is -2.14. The molecule has 0 bridgehead atoms. The Kier molecular flexibility index (Phi) is 6.93. The van der Waals surface area contributed by atoms with Crippen LogP contribution in [0.2, 0.25) is 0 Å². The van der Waals surface area contributed by atoms with Gasteiger partial charge in [-0.25, -0.2) is 9.97 Å². The predicted molar refractivity (Wildman–Crippen MR) is 217 cm³/mol. The van der Waals surface area contributed by atoms with Gasteiger partial charge in [0.15, 0.2) is 5.82 Å². The molecule has 52 heavy (non-hydrogen) atoms. The van der Waals surface area contributed by atoms with Crippen LogP contribution in [0.15, 0.2) is 183 Å². The van der Waals surface area contributed by atoms with E-state index < -0.39 is 0 Å². The number of nitrogens with zero attached hydrogens (tertiary/aromatic N) is 4. The molecule has 0 aliphatic rings. The van der Waals surface area contributed by atoms with Crippen molar-refractivity contribution in [2.24, 2.45) is 0 Å². The first-order valence-corrected chi connectivity index (χ1v) is 17.5. The molecule has 10 rings (SSSR count). The lowest BCUT2D eigenvalue weighted by atomic mass is 10.0. The van der Waals surface area contributed by atoms with Crippen LogP contribution in [0.25, 0.3) is 95.0 Å². The highest BCUT2D eigenvalue weighted by molar-refractivity contribution is 6.10. The molecule has 3 heterocycles. The molecule has 0 N–H and O–H groups in total. The number of rotatable bonds is 6. The summed E-state index contributed by atoms with van der Waals surface area (Å²) in [6.45, 7) is 4.18. The first kappa shape index (κ1) is 29.8. The summed E-state index contributed by atoms with van der Waals surface area (Å²) in [7, 11) is 0. The summed E-state index contributed by atoms with van der Waals surface area (Å²) in [5.74, 6) is 0.679. The number of hydrogen-bond donors (Lipinski definition) is 0. The zero-order valence-electron chi connectivity index (χ0n) is 28.3. The lowest BCUT2D eigenvalue weighted by molar-refractivity contribution is 1.16. The molecule has 0 amide bonds. The van der Waals surface area contributed by atoms with Crippen LogP contribution in [0.1, 0.15) is 5.56 Å². The molecule has 4 nitrogen and oxygen atoms in total. The van der Waals surface area contributed by atoms with Gasteiger partial charge in [0.25, 0.3) is 0 Å². The molecule has 0 aliphatic carbocycles. The van der Waals surface area contributed by atoms with Gasteiger partial charge in [0.1, 0.15) is 0 Å². The first-order chi connectivity index (χ1) is 25.7. The summed E-state index contributed by atoms with van der Waals surface area (Å²) in [5.41, 5.74) is 12.5. The second-order valence-electron chi connectivity index (χ2n) is 13.1. The molecule has 7 aromatic carbocycles. The fourth-order valence-electron chi connectivity index (χ4n) is 7.69. The Morgan fingerprint density at radius 3 is 1.40 bits per heavy atom. The highest BCUT2D eigenvalue weighted by Gasteiger charge is 2.17. The SMILES string of the molecule is C=Cc1cc(-c2cc(-c3cccc(-n4c5ccccc5c5ccccc54)c3)nc(-c3ccccc3)n2)cc(-n2c3ccccc3c3ccccc32)c1. The van der Waals surface area contributed by atoms with Crippen molar-refractivity contribution in [1.82, 2.24) is 19.1 Å². The molecule has 10 aromatic rings. The van der Waals surface area contributed by atoms with E-state index in [1.54, 1.807) is 0 Å². The number of fused-ring (bicyclic) bond motifs is 6. The molecule has 0 atom stereocenters. The second kappa shape index (κ2) is 12.1. The van der Waals surface area contributed by atoms with Gasteiger partial charge < -0.3 is 9.13 Å². The average molecular weight is 665 g/mol. The van der Waals surface area contributed by atoms with E-state index in [4.69, 9.17) is 9.97 Å². The van der Waals surface area contributed by atoms with E-state index in [-0.39, 0.29) is 0 Å². The van der Waals surface area contributed by atoms with E-state index in [0.29, 0.717) is 5.82 Å². The molecule has 244 valence electrons. The van der Waals surface area contributed by atoms with Gasteiger partial charge in [-0.15, -0.1) is 0 Å². The van der Waals surface area contributed by atoms with Crippen molar-refractivity contribution in [3.8, 4) is 45.3 Å². The van der Waals surface area contributed by atoms with Crippen molar-refractivity contribution in [2.75, 3.05) is 0 Å². The molecule has 0 spiro atoms. The first-order valence-electron chi connectivity index (χ1n) is 17.5. The molecule has 0 unspecified atom stereocenters. The van der Waals surface area contributed by atoms with Gasteiger partial charge in [-0.05, 0) is 66.2 Å². The molecule has 0 radical (unpaired) electrons. The van der Waals surface area contributed by atoms with Gasteiger partial charge in [-0.3, -0.25) is 0 Å². The minimum absolute atomic E-state index is 0.679. The predicted octanol–water partition coefficient (Wildman–Crippen LogP) is 12.3. The summed E-state index contributed by atoms with van der Waals surface area (Å²) < 4.78 is 4.69. The van der Waals surface area contributed by atoms with Gasteiger partial charge >= 0.3 is 0 Å². The molecule has 4 heteroatoms. The molecule has 3 aromatic heterocycles. The quantitative estimate of drug-likeness (QED) is 0.177. The maximum absolute atomic E-state index is 5.22. The monoisotopic (exact) mass is 664 g/mol. The van der Waals surface area contributed by atoms with Gasteiger partial charge in [0.05, 0.1) is 33.5 Å². The van der Waals surface area contributed by atoms with Crippen LogP contribution in [-0.4, -0.2) is 19.1 Å². The van der Waals surface area contributed by atoms with E-state index >= 15 is 0 Å². The average Bonchev–Trinajstić information content (AvgIpc) is 3.74. The van der Waals surface area contributed by atoms with Crippen molar-refractivity contribution >= 4 is 49.7 Å². The zero-order chi connectivity index (χ0) is 34.6. The molecule has 0 saturated carbocycles. The highest BCUT2D eigenvalue weighted by Crippen LogP contribution is 2.37. The van der Waals surface area contributed by atoms with Gasteiger partial charge in [-0.1, -0.05) is 128 Å². The normalized spacial score (nSPS) is 11.5. The smallest absolute Gasteiger partial charge is 0.160 e. The Morgan fingerprint density at radius 1 is 0.385 bits per heavy atom. The van der Waals surface area contributed by atoms with E-state index in [0.717, 1.165) is 56.0 Å². The minimum Gasteiger partial charge on any atom is -0.309 e. The zero-order valence-corrected chi connectivity index (χ0v) is 28.3. The van der Waals surface area contributed by atoms with Crippen LogP contribution >= 0.6 is 0 Å². The lowest BCUT2D eigenvalue weighted by Crippen LogP contribution is -1.99. The molecule has 0 saturated heterocycles. The van der Waals surface area contributed by atoms with E-state index in [9.17, 15) is 0 Å². The summed E-state index contributed by atoms with van der Waals surface area (Å²) in [5, 5.41) is 4.92. The van der Waals surface area contributed by atoms with Crippen molar-refractivity contribution in [3.05, 3.63) is 188 Å². The van der Waals surface area contributed by atoms with Crippen molar-refractivity contribution in [1.29, 1.82) is 0 Å². The summed E-state index contributed by atoms with van der Waals surface area (Å²) in [6, 6.07) is 62.0. The topological polar surface area (TPSA) is 35.6 Å². The number of para-hydroxylation sites is 4. The van der Waals surface area contributed by atoms with Crippen LogP contribution in [0, 0.1) is 0 Å². The highest BCUT2D eigenvalue weighted by atomic mass is 15.0. The Balaban J connectivity index is 1.18. The van der Waals surface area contributed by atoms with E-state index in [1.807, 2.05) is 24.3 Å². The van der Waals surface area contributed by atoms with E-state index in [1.165, 1.54) is 32.6 Å². The molecule has 0 fully saturated rings. The van der Waals surface area contributed by atoms with Crippen LogP contribution in [0.3, 0.4) is 0 Å². The summed E-state index contributed by atoms with van der Waals surface area (Å²) in [6.07, 6.45) is 1.91. The molecule has 0 aliphatic heterocycles. The van der Waals surface area contributed by atoms with Gasteiger partial charge in [0, 0.05) is 49.6 Å². The Labute approximate surface area is 301 Å². The number of benzene rings is 7. The van der Waals surface area contributed by atoms with Crippen molar-refractivity contribution in [2.45, 2.75) is 0 Å². The summed E-state index contributed by atoms with van der Waals surface area (Å²) in [4.78, 5) is 10.4. The van der Waals surface area contributed by atoms with E-state index in [2.05, 4.69) is 173 Å². The fraction of sp³-hybridized carbons (Fsp3) is 0. The van der Waals surface area contributed by atoms with Gasteiger partial charge in [-0.2, -0.15) is 0 Å². The van der Waals surface area contributed by atoms with Crippen molar-refractivity contribution < 1.29 is 0 Å². The number of hydrogen-bond acceptors (Lipinski definition) is 2. The van der Waals surface area contributed by atoms with Crippen LogP contribution in [0.5, 0.6) is 0 Å². The summed E-state index contributed by atoms with van der Waals surface area (Å²) >= 11 is 0. The maximum atomic E-state index is 5.22. The fourth-order valence-corrected chi connectivity index (χ4v) is 7.69. The second-order valence-corrected chi connectivity index (χ2v) is 13.1.